The second-order valence-electron chi connectivity index (χ2n) is 6.16. The number of amides is 2. The van der Waals surface area contributed by atoms with Gasteiger partial charge in [-0.2, -0.15) is 0 Å². The summed E-state index contributed by atoms with van der Waals surface area (Å²) in [4.78, 5) is 26.9. The number of carbonyl (C=O) groups excluding carboxylic acids is 1. The van der Waals surface area contributed by atoms with Crippen LogP contribution in [0.5, 0.6) is 0 Å². The van der Waals surface area contributed by atoms with E-state index in [1.807, 2.05) is 14.1 Å². The fraction of sp³-hybridized carbons (Fsp3) is 0.857. The molecule has 6 heteroatoms. The maximum absolute atomic E-state index is 12.2. The summed E-state index contributed by atoms with van der Waals surface area (Å²) in [7, 11) is 3.97. The van der Waals surface area contributed by atoms with Crippen LogP contribution >= 0.6 is 0 Å². The molecule has 0 saturated carbocycles. The van der Waals surface area contributed by atoms with Crippen LogP contribution < -0.4 is 5.32 Å². The SMILES string of the molecule is CC(C)C(CN(C)C)NC(=O)N1CCC(C(=O)O)CC1. The Balaban J connectivity index is 2.47. The number of piperidine rings is 1. The van der Waals surface area contributed by atoms with Crippen molar-refractivity contribution in [1.29, 1.82) is 0 Å². The smallest absolute Gasteiger partial charge is 0.317 e. The second-order valence-corrected chi connectivity index (χ2v) is 6.16. The number of rotatable bonds is 5. The van der Waals surface area contributed by atoms with E-state index in [0.29, 0.717) is 31.8 Å². The molecule has 6 nitrogen and oxygen atoms in total. The molecule has 2 N–H and O–H groups in total. The van der Waals surface area contributed by atoms with E-state index < -0.39 is 5.97 Å². The van der Waals surface area contributed by atoms with Gasteiger partial charge in [0.05, 0.1) is 5.92 Å². The number of urea groups is 1. The van der Waals surface area contributed by atoms with Gasteiger partial charge in [-0.3, -0.25) is 4.79 Å². The number of nitrogens with one attached hydrogen (secondary N) is 1. The minimum Gasteiger partial charge on any atom is -0.481 e. The number of aliphatic carboxylic acids is 1. The lowest BCUT2D eigenvalue weighted by molar-refractivity contribution is -0.143. The number of carbonyl (C=O) groups is 2. The van der Waals surface area contributed by atoms with Gasteiger partial charge in [-0.25, -0.2) is 4.79 Å². The molecule has 0 spiro atoms. The highest BCUT2D eigenvalue weighted by Crippen LogP contribution is 2.17. The molecule has 1 heterocycles. The molecule has 116 valence electrons. The van der Waals surface area contributed by atoms with Crippen LogP contribution in [0.15, 0.2) is 0 Å². The number of hydrogen-bond donors (Lipinski definition) is 2. The van der Waals surface area contributed by atoms with Crippen LogP contribution in [0.1, 0.15) is 26.7 Å². The molecule has 0 aliphatic carbocycles. The van der Waals surface area contributed by atoms with Crippen molar-refractivity contribution >= 4 is 12.0 Å². The largest absolute Gasteiger partial charge is 0.481 e. The van der Waals surface area contributed by atoms with Crippen molar-refractivity contribution in [3.05, 3.63) is 0 Å². The number of carboxylic acid groups (broad SMARTS) is 1. The molecule has 0 radical (unpaired) electrons. The van der Waals surface area contributed by atoms with Crippen molar-refractivity contribution in [2.75, 3.05) is 33.7 Å². The third kappa shape index (κ3) is 5.00. The third-order valence-corrected chi connectivity index (χ3v) is 3.81. The van der Waals surface area contributed by atoms with Crippen molar-refractivity contribution < 1.29 is 14.7 Å². The topological polar surface area (TPSA) is 72.9 Å². The van der Waals surface area contributed by atoms with Crippen LogP contribution in [0.4, 0.5) is 4.79 Å². The summed E-state index contributed by atoms with van der Waals surface area (Å²) in [6, 6.07) is 0.0316. The number of carboxylic acids is 1. The van der Waals surface area contributed by atoms with E-state index >= 15 is 0 Å². The molecule has 1 unspecified atom stereocenters. The van der Waals surface area contributed by atoms with Gasteiger partial charge in [0.25, 0.3) is 0 Å². The highest BCUT2D eigenvalue weighted by molar-refractivity contribution is 5.75. The summed E-state index contributed by atoms with van der Waals surface area (Å²) in [6.07, 6.45) is 1.09. The van der Waals surface area contributed by atoms with Crippen LogP contribution in [0.25, 0.3) is 0 Å². The predicted molar refractivity (Wildman–Crippen MR) is 77.6 cm³/mol. The highest BCUT2D eigenvalue weighted by atomic mass is 16.4. The fourth-order valence-electron chi connectivity index (χ4n) is 2.40. The molecular weight excluding hydrogens is 258 g/mol. The quantitative estimate of drug-likeness (QED) is 0.793. The van der Waals surface area contributed by atoms with Gasteiger partial charge in [-0.05, 0) is 32.9 Å². The molecule has 1 aliphatic rings. The van der Waals surface area contributed by atoms with Gasteiger partial charge in [0, 0.05) is 25.7 Å². The number of nitrogens with zero attached hydrogens (tertiary/aromatic N) is 2. The van der Waals surface area contributed by atoms with Crippen LogP contribution in [-0.2, 0) is 4.79 Å². The van der Waals surface area contributed by atoms with Gasteiger partial charge in [-0.1, -0.05) is 13.8 Å². The van der Waals surface area contributed by atoms with Gasteiger partial charge >= 0.3 is 12.0 Å². The lowest BCUT2D eigenvalue weighted by Gasteiger charge is -2.33. The van der Waals surface area contributed by atoms with Crippen molar-refractivity contribution in [3.8, 4) is 0 Å². The Labute approximate surface area is 121 Å². The van der Waals surface area contributed by atoms with E-state index in [9.17, 15) is 9.59 Å². The normalized spacial score (nSPS) is 18.4. The van der Waals surface area contributed by atoms with E-state index in [1.54, 1.807) is 4.90 Å². The predicted octanol–water partition coefficient (Wildman–Crippen LogP) is 1.08. The summed E-state index contributed by atoms with van der Waals surface area (Å²) >= 11 is 0. The monoisotopic (exact) mass is 285 g/mol. The molecule has 1 atom stereocenters. The standard InChI is InChI=1S/C14H27N3O3/c1-10(2)12(9-16(3)4)15-14(20)17-7-5-11(6-8-17)13(18)19/h10-12H,5-9H2,1-4H3,(H,15,20)(H,18,19). The maximum atomic E-state index is 12.2. The Hall–Kier alpha value is -1.30. The highest BCUT2D eigenvalue weighted by Gasteiger charge is 2.28. The Morgan fingerprint density at radius 1 is 1.30 bits per heavy atom. The lowest BCUT2D eigenvalue weighted by Crippen LogP contribution is -2.52. The zero-order valence-electron chi connectivity index (χ0n) is 12.9. The van der Waals surface area contributed by atoms with Gasteiger partial charge in [0.1, 0.15) is 0 Å². The third-order valence-electron chi connectivity index (χ3n) is 3.81. The van der Waals surface area contributed by atoms with Crippen LogP contribution in [0.3, 0.4) is 0 Å². The summed E-state index contributed by atoms with van der Waals surface area (Å²) in [5.41, 5.74) is 0. The minimum absolute atomic E-state index is 0.0746. The Kier molecular flexibility index (Phi) is 6.26. The maximum Gasteiger partial charge on any atom is 0.317 e. The molecule has 2 amide bonds. The fourth-order valence-corrected chi connectivity index (χ4v) is 2.40. The summed E-state index contributed by atoms with van der Waals surface area (Å²) in [6.45, 7) is 6.02. The van der Waals surface area contributed by atoms with Crippen LogP contribution in [0, 0.1) is 11.8 Å². The number of likely N-dealkylation sites (N-methyl/N-ethyl adjacent to an activating group) is 1. The first-order valence-electron chi connectivity index (χ1n) is 7.24. The first kappa shape index (κ1) is 16.8. The molecule has 0 aromatic rings. The van der Waals surface area contributed by atoms with Gasteiger partial charge in [0.15, 0.2) is 0 Å². The van der Waals surface area contributed by atoms with Crippen LogP contribution in [0.2, 0.25) is 0 Å². The average Bonchev–Trinajstić information content (AvgIpc) is 2.37. The summed E-state index contributed by atoms with van der Waals surface area (Å²) in [5, 5.41) is 12.0. The lowest BCUT2D eigenvalue weighted by atomic mass is 9.97. The molecule has 0 aromatic carbocycles. The van der Waals surface area contributed by atoms with Gasteiger partial charge < -0.3 is 20.2 Å². The molecule has 20 heavy (non-hydrogen) atoms. The van der Waals surface area contributed by atoms with E-state index in [4.69, 9.17) is 5.11 Å². The van der Waals surface area contributed by atoms with Gasteiger partial charge in [0.2, 0.25) is 0 Å². The second kappa shape index (κ2) is 7.47. The number of likely N-dealkylation sites (tertiary alicyclic amines) is 1. The van der Waals surface area contributed by atoms with E-state index in [0.717, 1.165) is 6.54 Å². The van der Waals surface area contributed by atoms with E-state index in [1.165, 1.54) is 0 Å². The Bertz CT molecular complexity index is 337. The first-order chi connectivity index (χ1) is 9.31. The van der Waals surface area contributed by atoms with Crippen molar-refractivity contribution in [2.45, 2.75) is 32.7 Å². The van der Waals surface area contributed by atoms with Crippen molar-refractivity contribution in [1.82, 2.24) is 15.1 Å². The van der Waals surface area contributed by atoms with Crippen molar-refractivity contribution in [3.63, 3.8) is 0 Å². The zero-order chi connectivity index (χ0) is 15.3. The Morgan fingerprint density at radius 3 is 2.25 bits per heavy atom. The molecule has 0 bridgehead atoms. The Morgan fingerprint density at radius 2 is 1.85 bits per heavy atom. The summed E-state index contributed by atoms with van der Waals surface area (Å²) < 4.78 is 0. The average molecular weight is 285 g/mol. The van der Waals surface area contributed by atoms with E-state index in [-0.39, 0.29) is 18.0 Å². The molecule has 0 aromatic heterocycles. The van der Waals surface area contributed by atoms with Gasteiger partial charge in [-0.15, -0.1) is 0 Å². The molecule has 1 saturated heterocycles. The number of hydrogen-bond acceptors (Lipinski definition) is 3. The zero-order valence-corrected chi connectivity index (χ0v) is 12.9. The first-order valence-corrected chi connectivity index (χ1v) is 7.24. The minimum atomic E-state index is -0.752. The summed E-state index contributed by atoms with van der Waals surface area (Å²) in [5.74, 6) is -0.697. The van der Waals surface area contributed by atoms with Crippen molar-refractivity contribution in [2.24, 2.45) is 11.8 Å². The molecule has 1 aliphatic heterocycles. The van der Waals surface area contributed by atoms with E-state index in [2.05, 4.69) is 24.1 Å². The molecule has 1 rings (SSSR count). The molecule has 1 fully saturated rings. The van der Waals surface area contributed by atoms with Crippen LogP contribution in [-0.4, -0.2) is 66.7 Å². The molecular formula is C14H27N3O3.